The van der Waals surface area contributed by atoms with E-state index in [1.165, 1.54) is 7.11 Å². The second-order valence-electron chi connectivity index (χ2n) is 12.2. The van der Waals surface area contributed by atoms with Crippen LogP contribution >= 0.6 is 0 Å². The lowest BCUT2D eigenvalue weighted by Gasteiger charge is -2.42. The first-order valence-electron chi connectivity index (χ1n) is 14.0. The van der Waals surface area contributed by atoms with E-state index in [0.29, 0.717) is 12.2 Å². The molecule has 1 aliphatic heterocycles. The molecule has 2 fully saturated rings. The Bertz CT molecular complexity index is 1350. The Hall–Kier alpha value is -4.07. The van der Waals surface area contributed by atoms with Crippen LogP contribution in [0, 0.1) is 28.6 Å². The van der Waals surface area contributed by atoms with Crippen molar-refractivity contribution < 1.29 is 28.6 Å². The molecule has 41 heavy (non-hydrogen) atoms. The normalized spacial score (nSPS) is 27.7. The highest BCUT2D eigenvalue weighted by Gasteiger charge is 2.69. The second kappa shape index (κ2) is 11.1. The van der Waals surface area contributed by atoms with Gasteiger partial charge in [-0.1, -0.05) is 66.8 Å². The highest BCUT2D eigenvalue weighted by atomic mass is 16.6. The number of carbonyl (C=O) groups is 3. The van der Waals surface area contributed by atoms with Crippen LogP contribution in [0.25, 0.3) is 0 Å². The van der Waals surface area contributed by atoms with Crippen LogP contribution in [0.5, 0.6) is 0 Å². The summed E-state index contributed by atoms with van der Waals surface area (Å²) in [7, 11) is 1.38. The van der Waals surface area contributed by atoms with Crippen molar-refractivity contribution in [1.82, 2.24) is 4.90 Å². The maximum atomic E-state index is 13.0. The maximum Gasteiger partial charge on any atom is 0.411 e. The number of carbonyl (C=O) groups excluding carboxylic acids is 3. The van der Waals surface area contributed by atoms with Gasteiger partial charge in [0.25, 0.3) is 0 Å². The summed E-state index contributed by atoms with van der Waals surface area (Å²) in [4.78, 5) is 40.3. The molecule has 6 atom stereocenters. The standard InChI is InChI=1S/C33H38N2O6/c1-6-33-20-35(31(38)39-5)28-24(19-40-29(36)32(2,3)4)25(33)17-16-23(27(28)33)22-14-10-11-15-26(22)34-30(37)41-18-21-12-8-7-9-13-21/h6-17,23-25,27-28H,1,18-20H2,2-5H3,(H,34,37)/t23-,24-,25+,27-,28+,33-/m0/s1. The zero-order valence-corrected chi connectivity index (χ0v) is 24.0. The van der Waals surface area contributed by atoms with E-state index in [2.05, 4.69) is 24.0 Å². The number of nitrogens with zero attached hydrogens (tertiary/aromatic N) is 1. The number of likely N-dealkylation sites (tertiary alicyclic amines) is 1. The van der Waals surface area contributed by atoms with E-state index in [-0.39, 0.29) is 48.9 Å². The maximum absolute atomic E-state index is 13.0. The van der Waals surface area contributed by atoms with Crippen molar-refractivity contribution in [2.75, 3.05) is 25.6 Å². The molecule has 0 aromatic heterocycles. The van der Waals surface area contributed by atoms with Crippen LogP contribution in [0.3, 0.4) is 0 Å². The first kappa shape index (κ1) is 28.5. The summed E-state index contributed by atoms with van der Waals surface area (Å²) in [6.07, 6.45) is 5.34. The number of methoxy groups -OCH3 is 1. The van der Waals surface area contributed by atoms with Crippen LogP contribution in [0.4, 0.5) is 15.3 Å². The zero-order chi connectivity index (χ0) is 29.4. The molecule has 5 rings (SSSR count). The molecule has 0 unspecified atom stereocenters. The minimum atomic E-state index is -0.636. The van der Waals surface area contributed by atoms with Crippen LogP contribution in [-0.4, -0.2) is 49.4 Å². The second-order valence-corrected chi connectivity index (χ2v) is 12.2. The minimum absolute atomic E-state index is 0.0379. The molecule has 216 valence electrons. The highest BCUT2D eigenvalue weighted by molar-refractivity contribution is 5.86. The molecule has 8 heteroatoms. The van der Waals surface area contributed by atoms with Gasteiger partial charge in [0.15, 0.2) is 0 Å². The zero-order valence-electron chi connectivity index (χ0n) is 24.0. The molecule has 0 spiro atoms. The van der Waals surface area contributed by atoms with E-state index < -0.39 is 23.0 Å². The Morgan fingerprint density at radius 2 is 1.76 bits per heavy atom. The molecular weight excluding hydrogens is 520 g/mol. The van der Waals surface area contributed by atoms with Crippen molar-refractivity contribution in [2.45, 2.75) is 39.3 Å². The third kappa shape index (κ3) is 5.11. The summed E-state index contributed by atoms with van der Waals surface area (Å²) in [5, 5.41) is 2.93. The van der Waals surface area contributed by atoms with E-state index in [9.17, 15) is 14.4 Å². The van der Waals surface area contributed by atoms with Gasteiger partial charge < -0.3 is 19.1 Å². The lowest BCUT2D eigenvalue weighted by atomic mass is 9.63. The number of para-hydroxylation sites is 1. The number of hydrogen-bond acceptors (Lipinski definition) is 6. The van der Waals surface area contributed by atoms with E-state index in [1.54, 1.807) is 4.90 Å². The molecule has 2 aromatic carbocycles. The minimum Gasteiger partial charge on any atom is -0.465 e. The Kier molecular flexibility index (Phi) is 7.68. The molecular formula is C33H38N2O6. The number of benzene rings is 2. The van der Waals surface area contributed by atoms with Gasteiger partial charge >= 0.3 is 18.2 Å². The number of amides is 2. The van der Waals surface area contributed by atoms with Crippen LogP contribution in [0.15, 0.2) is 79.4 Å². The SMILES string of the molecule is C=C[C@]12CN(C(=O)OC)[C@@H]3[C@@H](COC(=O)C(C)(C)C)[C@H]1C=C[C@@H](c1ccccc1NC(=O)OCc1ccccc1)[C@@H]32. The average molecular weight is 559 g/mol. The number of esters is 1. The smallest absolute Gasteiger partial charge is 0.411 e. The lowest BCUT2D eigenvalue weighted by molar-refractivity contribution is -0.155. The van der Waals surface area contributed by atoms with Crippen molar-refractivity contribution in [3.05, 3.63) is 90.5 Å². The molecule has 4 bridgehead atoms. The largest absolute Gasteiger partial charge is 0.465 e. The summed E-state index contributed by atoms with van der Waals surface area (Å²) in [6, 6.07) is 16.9. The van der Waals surface area contributed by atoms with Gasteiger partial charge in [0.2, 0.25) is 0 Å². The van der Waals surface area contributed by atoms with Gasteiger partial charge in [-0.05, 0) is 43.9 Å². The van der Waals surface area contributed by atoms with E-state index in [4.69, 9.17) is 14.2 Å². The molecule has 1 saturated carbocycles. The summed E-state index contributed by atoms with van der Waals surface area (Å²) in [5.41, 5.74) is 1.37. The number of piperidine rings is 1. The Morgan fingerprint density at radius 3 is 2.44 bits per heavy atom. The average Bonchev–Trinajstić information content (AvgIpc) is 3.38. The van der Waals surface area contributed by atoms with Gasteiger partial charge in [0, 0.05) is 41.4 Å². The summed E-state index contributed by atoms with van der Waals surface area (Å²) < 4.78 is 16.5. The summed E-state index contributed by atoms with van der Waals surface area (Å²) >= 11 is 0. The molecule has 0 radical (unpaired) electrons. The van der Waals surface area contributed by atoms with Crippen molar-refractivity contribution in [3.8, 4) is 0 Å². The van der Waals surface area contributed by atoms with Gasteiger partial charge in [-0.15, -0.1) is 6.58 Å². The third-order valence-electron chi connectivity index (χ3n) is 8.80. The Morgan fingerprint density at radius 1 is 1.05 bits per heavy atom. The number of allylic oxidation sites excluding steroid dienone is 2. The molecule has 1 N–H and O–H groups in total. The predicted molar refractivity (Wildman–Crippen MR) is 155 cm³/mol. The highest BCUT2D eigenvalue weighted by Crippen LogP contribution is 2.66. The molecule has 8 nitrogen and oxygen atoms in total. The quantitative estimate of drug-likeness (QED) is 0.248. The molecule has 1 heterocycles. The van der Waals surface area contributed by atoms with Crippen LogP contribution in [0.1, 0.15) is 37.8 Å². The number of ether oxygens (including phenoxy) is 3. The van der Waals surface area contributed by atoms with Crippen molar-refractivity contribution in [3.63, 3.8) is 0 Å². The number of hydrogen-bond donors (Lipinski definition) is 1. The molecule has 2 amide bonds. The first-order chi connectivity index (χ1) is 19.6. The molecule has 2 aromatic rings. The van der Waals surface area contributed by atoms with E-state index in [0.717, 1.165) is 11.1 Å². The topological polar surface area (TPSA) is 94.2 Å². The van der Waals surface area contributed by atoms with Gasteiger partial charge in [-0.3, -0.25) is 10.1 Å². The fourth-order valence-corrected chi connectivity index (χ4v) is 6.98. The Labute approximate surface area is 241 Å². The van der Waals surface area contributed by atoms with Crippen molar-refractivity contribution in [1.29, 1.82) is 0 Å². The van der Waals surface area contributed by atoms with Crippen LogP contribution in [0.2, 0.25) is 0 Å². The van der Waals surface area contributed by atoms with Crippen molar-refractivity contribution in [2.24, 2.45) is 28.6 Å². The van der Waals surface area contributed by atoms with Gasteiger partial charge in [-0.25, -0.2) is 9.59 Å². The summed E-state index contributed by atoms with van der Waals surface area (Å²) in [5.74, 6) is -0.574. The third-order valence-corrected chi connectivity index (χ3v) is 8.80. The number of anilines is 1. The monoisotopic (exact) mass is 558 g/mol. The first-order valence-corrected chi connectivity index (χ1v) is 14.0. The molecule has 2 aliphatic carbocycles. The van der Waals surface area contributed by atoms with Crippen LogP contribution < -0.4 is 5.32 Å². The summed E-state index contributed by atoms with van der Waals surface area (Å²) in [6.45, 7) is 10.5. The molecule has 1 saturated heterocycles. The van der Waals surface area contributed by atoms with Crippen LogP contribution in [-0.2, 0) is 25.6 Å². The van der Waals surface area contributed by atoms with E-state index >= 15 is 0 Å². The predicted octanol–water partition coefficient (Wildman–Crippen LogP) is 6.16. The van der Waals surface area contributed by atoms with Gasteiger partial charge in [0.05, 0.1) is 19.1 Å². The fourth-order valence-electron chi connectivity index (χ4n) is 6.98. The van der Waals surface area contributed by atoms with E-state index in [1.807, 2.05) is 81.4 Å². The number of rotatable bonds is 7. The van der Waals surface area contributed by atoms with Gasteiger partial charge in [-0.2, -0.15) is 0 Å². The van der Waals surface area contributed by atoms with Crippen molar-refractivity contribution >= 4 is 23.8 Å². The molecule has 3 aliphatic rings. The fraction of sp³-hybridized carbons (Fsp3) is 0.424. The Balaban J connectivity index is 1.44. The lowest BCUT2D eigenvalue weighted by Crippen LogP contribution is -2.49. The number of nitrogens with one attached hydrogen (secondary N) is 1. The van der Waals surface area contributed by atoms with Gasteiger partial charge in [0.1, 0.15) is 6.61 Å².